The van der Waals surface area contributed by atoms with Gasteiger partial charge in [0.25, 0.3) is 0 Å². The summed E-state index contributed by atoms with van der Waals surface area (Å²) in [6, 6.07) is 0.837. The minimum atomic E-state index is 0.312. The molecule has 0 saturated heterocycles. The third kappa shape index (κ3) is 5.59. The Morgan fingerprint density at radius 2 is 2.27 bits per heavy atom. The van der Waals surface area contributed by atoms with E-state index in [1.807, 2.05) is 0 Å². The lowest BCUT2D eigenvalue weighted by Gasteiger charge is -2.15. The van der Waals surface area contributed by atoms with Gasteiger partial charge in [0.05, 0.1) is 0 Å². The number of nitrogens with zero attached hydrogens (tertiary/aromatic N) is 2. The molecule has 0 aromatic heterocycles. The lowest BCUT2D eigenvalue weighted by molar-refractivity contribution is 0.316. The van der Waals surface area contributed by atoms with Crippen LogP contribution in [0.1, 0.15) is 25.7 Å². The maximum atomic E-state index is 8.31. The summed E-state index contributed by atoms with van der Waals surface area (Å²) in [5.74, 6) is 0.312. The molecule has 4 N–H and O–H groups in total. The van der Waals surface area contributed by atoms with Crippen LogP contribution < -0.4 is 11.1 Å². The quantitative estimate of drug-likeness (QED) is 0.177. The van der Waals surface area contributed by atoms with Crippen molar-refractivity contribution < 1.29 is 5.21 Å². The average Bonchev–Trinajstić information content (AvgIpc) is 3.05. The zero-order valence-electron chi connectivity index (χ0n) is 9.45. The van der Waals surface area contributed by atoms with E-state index in [0.29, 0.717) is 12.3 Å². The molecule has 0 aromatic carbocycles. The van der Waals surface area contributed by atoms with Crippen LogP contribution in [0.4, 0.5) is 0 Å². The van der Waals surface area contributed by atoms with Crippen LogP contribution in [0.5, 0.6) is 0 Å². The molecule has 1 aliphatic rings. The Balaban J connectivity index is 1.84. The molecule has 0 atom stereocenters. The van der Waals surface area contributed by atoms with Gasteiger partial charge in [-0.3, -0.25) is 0 Å². The Morgan fingerprint density at radius 1 is 1.53 bits per heavy atom. The summed E-state index contributed by atoms with van der Waals surface area (Å²) in [6.07, 6.45) is 4.30. The predicted octanol–water partition coefficient (Wildman–Crippen LogP) is 0.197. The van der Waals surface area contributed by atoms with Crippen molar-refractivity contribution in [2.45, 2.75) is 31.7 Å². The summed E-state index contributed by atoms with van der Waals surface area (Å²) in [7, 11) is 2.18. The fourth-order valence-corrected chi connectivity index (χ4v) is 1.52. The maximum absolute atomic E-state index is 8.31. The molecule has 1 saturated carbocycles. The Hall–Kier alpha value is -0.810. The van der Waals surface area contributed by atoms with Crippen LogP contribution >= 0.6 is 0 Å². The summed E-state index contributed by atoms with van der Waals surface area (Å²) < 4.78 is 0. The second-order valence-corrected chi connectivity index (χ2v) is 4.16. The first-order valence-electron chi connectivity index (χ1n) is 5.61. The average molecular weight is 214 g/mol. The Bertz CT molecular complexity index is 204. The van der Waals surface area contributed by atoms with E-state index >= 15 is 0 Å². The number of hydrogen-bond acceptors (Lipinski definition) is 4. The second-order valence-electron chi connectivity index (χ2n) is 4.16. The van der Waals surface area contributed by atoms with E-state index < -0.39 is 0 Å². The smallest absolute Gasteiger partial charge is 0.139 e. The van der Waals surface area contributed by atoms with Gasteiger partial charge < -0.3 is 21.2 Å². The van der Waals surface area contributed by atoms with Gasteiger partial charge in [-0.05, 0) is 32.9 Å². The molecule has 1 aliphatic carbocycles. The highest BCUT2D eigenvalue weighted by atomic mass is 16.4. The first-order chi connectivity index (χ1) is 7.24. The van der Waals surface area contributed by atoms with E-state index in [9.17, 15) is 0 Å². The van der Waals surface area contributed by atoms with Crippen molar-refractivity contribution in [2.75, 3.05) is 26.7 Å². The molecule has 0 aliphatic heterocycles. The van der Waals surface area contributed by atoms with E-state index in [1.165, 1.54) is 12.8 Å². The zero-order valence-corrected chi connectivity index (χ0v) is 9.45. The van der Waals surface area contributed by atoms with Crippen LogP contribution in [-0.2, 0) is 0 Å². The molecule has 1 fully saturated rings. The van der Waals surface area contributed by atoms with Crippen molar-refractivity contribution in [3.63, 3.8) is 0 Å². The lowest BCUT2D eigenvalue weighted by Crippen LogP contribution is -2.31. The molecule has 1 rings (SSSR count). The van der Waals surface area contributed by atoms with Crippen LogP contribution in [0, 0.1) is 0 Å². The third-order valence-electron chi connectivity index (χ3n) is 2.73. The van der Waals surface area contributed by atoms with E-state index in [4.69, 9.17) is 10.9 Å². The molecule has 0 bridgehead atoms. The highest BCUT2D eigenvalue weighted by Gasteiger charge is 2.25. The van der Waals surface area contributed by atoms with Gasteiger partial charge in [0, 0.05) is 25.6 Å². The van der Waals surface area contributed by atoms with Crippen molar-refractivity contribution in [2.24, 2.45) is 10.9 Å². The second kappa shape index (κ2) is 6.63. The molecule has 0 unspecified atom stereocenters. The summed E-state index contributed by atoms with van der Waals surface area (Å²) in [5, 5.41) is 14.6. The SMILES string of the molecule is CN(CCNCCCC(N)=NO)C1CC1. The van der Waals surface area contributed by atoms with Crippen molar-refractivity contribution in [3.8, 4) is 0 Å². The van der Waals surface area contributed by atoms with Gasteiger partial charge in [0.2, 0.25) is 0 Å². The summed E-state index contributed by atoms with van der Waals surface area (Å²) >= 11 is 0. The normalized spacial score (nSPS) is 17.3. The molecule has 0 radical (unpaired) electrons. The fourth-order valence-electron chi connectivity index (χ4n) is 1.52. The molecular formula is C10H22N4O. The maximum Gasteiger partial charge on any atom is 0.139 e. The number of amidine groups is 1. The monoisotopic (exact) mass is 214 g/mol. The van der Waals surface area contributed by atoms with Gasteiger partial charge >= 0.3 is 0 Å². The van der Waals surface area contributed by atoms with Crippen molar-refractivity contribution >= 4 is 5.84 Å². The molecule has 0 spiro atoms. The molecule has 5 heteroatoms. The number of rotatable bonds is 8. The van der Waals surface area contributed by atoms with Gasteiger partial charge in [-0.1, -0.05) is 5.16 Å². The van der Waals surface area contributed by atoms with Gasteiger partial charge in [-0.2, -0.15) is 0 Å². The van der Waals surface area contributed by atoms with Crippen LogP contribution in [0.2, 0.25) is 0 Å². The van der Waals surface area contributed by atoms with E-state index in [-0.39, 0.29) is 0 Å². The van der Waals surface area contributed by atoms with Gasteiger partial charge in [-0.15, -0.1) is 0 Å². The van der Waals surface area contributed by atoms with Crippen LogP contribution in [0.3, 0.4) is 0 Å². The molecule has 5 nitrogen and oxygen atoms in total. The summed E-state index contributed by atoms with van der Waals surface area (Å²) in [5.41, 5.74) is 5.35. The summed E-state index contributed by atoms with van der Waals surface area (Å²) in [4.78, 5) is 2.40. The van der Waals surface area contributed by atoms with Gasteiger partial charge in [0.1, 0.15) is 5.84 Å². The van der Waals surface area contributed by atoms with Crippen molar-refractivity contribution in [1.82, 2.24) is 10.2 Å². The highest BCUT2D eigenvalue weighted by Crippen LogP contribution is 2.24. The minimum absolute atomic E-state index is 0.312. The van der Waals surface area contributed by atoms with Gasteiger partial charge in [0.15, 0.2) is 0 Å². The van der Waals surface area contributed by atoms with Crippen molar-refractivity contribution in [1.29, 1.82) is 0 Å². The standard InChI is InChI=1S/C10H22N4O/c1-14(9-4-5-9)8-7-12-6-2-3-10(11)13-15/h9,12,15H,2-8H2,1H3,(H2,11,13). The first-order valence-corrected chi connectivity index (χ1v) is 5.61. The Labute approximate surface area is 91.3 Å². The largest absolute Gasteiger partial charge is 0.409 e. The van der Waals surface area contributed by atoms with E-state index in [2.05, 4.69) is 22.4 Å². The van der Waals surface area contributed by atoms with E-state index in [0.717, 1.165) is 32.1 Å². The predicted molar refractivity (Wildman–Crippen MR) is 61.2 cm³/mol. The number of likely N-dealkylation sites (N-methyl/N-ethyl adjacent to an activating group) is 1. The molecule has 15 heavy (non-hydrogen) atoms. The minimum Gasteiger partial charge on any atom is -0.409 e. The molecule has 88 valence electrons. The molecule has 0 aromatic rings. The Kier molecular flexibility index (Phi) is 5.42. The van der Waals surface area contributed by atoms with E-state index in [1.54, 1.807) is 0 Å². The number of nitrogens with two attached hydrogens (primary N) is 1. The number of nitrogens with one attached hydrogen (secondary N) is 1. The fraction of sp³-hybridized carbons (Fsp3) is 0.900. The number of hydrogen-bond donors (Lipinski definition) is 3. The summed E-state index contributed by atoms with van der Waals surface area (Å²) in [6.45, 7) is 3.05. The third-order valence-corrected chi connectivity index (χ3v) is 2.73. The number of oxime groups is 1. The molecule has 0 heterocycles. The van der Waals surface area contributed by atoms with Crippen LogP contribution in [0.25, 0.3) is 0 Å². The molecular weight excluding hydrogens is 192 g/mol. The zero-order chi connectivity index (χ0) is 11.1. The van der Waals surface area contributed by atoms with Crippen molar-refractivity contribution in [3.05, 3.63) is 0 Å². The van der Waals surface area contributed by atoms with Crippen LogP contribution in [0.15, 0.2) is 5.16 Å². The van der Waals surface area contributed by atoms with Crippen LogP contribution in [-0.4, -0.2) is 48.7 Å². The topological polar surface area (TPSA) is 73.9 Å². The first kappa shape index (κ1) is 12.3. The highest BCUT2D eigenvalue weighted by molar-refractivity contribution is 5.79. The molecule has 0 amide bonds. The Morgan fingerprint density at radius 3 is 2.87 bits per heavy atom. The van der Waals surface area contributed by atoms with Gasteiger partial charge in [-0.25, -0.2) is 0 Å². The lowest BCUT2D eigenvalue weighted by atomic mass is 10.3.